The fourth-order valence-electron chi connectivity index (χ4n) is 5.08. The molecular weight excluding hydrogens is 456 g/mol. The molecule has 4 nitrogen and oxygen atoms in total. The van der Waals surface area contributed by atoms with E-state index in [1.54, 1.807) is 0 Å². The van der Waals surface area contributed by atoms with Gasteiger partial charge in [-0.15, -0.1) is 0 Å². The number of nitrogens with zero attached hydrogens (tertiary/aromatic N) is 2. The normalized spacial score (nSPS) is 18.6. The minimum atomic E-state index is 0.139. The van der Waals surface area contributed by atoms with Crippen molar-refractivity contribution >= 4 is 11.8 Å². The molecule has 2 unspecified atom stereocenters. The zero-order valence-corrected chi connectivity index (χ0v) is 20.8. The highest BCUT2D eigenvalue weighted by Gasteiger charge is 2.25. The standard InChI is InChI=1S/C33H30N2O2/c1-3-11-24(12-4-1)19-28-22-36-32(34-28)30-17-9-7-15-26(30)21-27-16-8-10-18-31(27)33-35-29(23-37-33)20-25-13-5-2-6-14-25/h1-18,28-29H,19-23H2. The third-order valence-electron chi connectivity index (χ3n) is 6.93. The lowest BCUT2D eigenvalue weighted by atomic mass is 9.96. The Labute approximate surface area is 218 Å². The Morgan fingerprint density at radius 1 is 0.514 bits per heavy atom. The van der Waals surface area contributed by atoms with Crippen LogP contribution in [-0.4, -0.2) is 37.1 Å². The molecule has 0 amide bonds. The van der Waals surface area contributed by atoms with Crippen molar-refractivity contribution in [2.45, 2.75) is 31.3 Å². The van der Waals surface area contributed by atoms with Gasteiger partial charge in [-0.25, -0.2) is 9.98 Å². The van der Waals surface area contributed by atoms with Crippen LogP contribution >= 0.6 is 0 Å². The second kappa shape index (κ2) is 10.8. The third-order valence-corrected chi connectivity index (χ3v) is 6.93. The molecule has 0 spiro atoms. The van der Waals surface area contributed by atoms with Crippen LogP contribution in [0.2, 0.25) is 0 Å². The van der Waals surface area contributed by atoms with Crippen molar-refractivity contribution in [1.29, 1.82) is 0 Å². The van der Waals surface area contributed by atoms with Crippen molar-refractivity contribution in [2.24, 2.45) is 9.98 Å². The minimum Gasteiger partial charge on any atom is -0.475 e. The van der Waals surface area contributed by atoms with Gasteiger partial charge in [0.25, 0.3) is 0 Å². The molecule has 2 aliphatic rings. The summed E-state index contributed by atoms with van der Waals surface area (Å²) in [4.78, 5) is 9.90. The smallest absolute Gasteiger partial charge is 0.216 e. The van der Waals surface area contributed by atoms with E-state index in [9.17, 15) is 0 Å². The van der Waals surface area contributed by atoms with Crippen LogP contribution < -0.4 is 0 Å². The summed E-state index contributed by atoms with van der Waals surface area (Å²) in [5.74, 6) is 1.48. The van der Waals surface area contributed by atoms with Crippen LogP contribution in [0.3, 0.4) is 0 Å². The predicted molar refractivity (Wildman–Crippen MR) is 149 cm³/mol. The molecule has 2 atom stereocenters. The Morgan fingerprint density at radius 3 is 1.38 bits per heavy atom. The molecule has 37 heavy (non-hydrogen) atoms. The number of hydrogen-bond donors (Lipinski definition) is 0. The van der Waals surface area contributed by atoms with Gasteiger partial charge in [0.1, 0.15) is 13.2 Å². The van der Waals surface area contributed by atoms with Gasteiger partial charge in [0, 0.05) is 11.1 Å². The van der Waals surface area contributed by atoms with E-state index >= 15 is 0 Å². The number of rotatable bonds is 8. The summed E-state index contributed by atoms with van der Waals surface area (Å²) in [6.07, 6.45) is 2.52. The summed E-state index contributed by atoms with van der Waals surface area (Å²) in [5.41, 5.74) is 7.06. The molecule has 6 rings (SSSR count). The Hall–Kier alpha value is -4.18. The van der Waals surface area contributed by atoms with Gasteiger partial charge < -0.3 is 9.47 Å². The average Bonchev–Trinajstić information content (AvgIpc) is 3.60. The first-order valence-electron chi connectivity index (χ1n) is 13.0. The van der Waals surface area contributed by atoms with E-state index in [0.717, 1.165) is 42.2 Å². The molecule has 0 N–H and O–H groups in total. The van der Waals surface area contributed by atoms with Gasteiger partial charge in [-0.2, -0.15) is 0 Å². The molecule has 0 radical (unpaired) electrons. The highest BCUT2D eigenvalue weighted by molar-refractivity contribution is 5.98. The number of hydrogen-bond acceptors (Lipinski definition) is 4. The third kappa shape index (κ3) is 5.49. The Kier molecular flexibility index (Phi) is 6.80. The molecule has 0 fully saturated rings. The van der Waals surface area contributed by atoms with Gasteiger partial charge in [0.15, 0.2) is 0 Å². The van der Waals surface area contributed by atoms with E-state index in [1.165, 1.54) is 22.3 Å². The maximum absolute atomic E-state index is 6.10. The van der Waals surface area contributed by atoms with E-state index in [-0.39, 0.29) is 12.1 Å². The molecule has 2 heterocycles. The first-order chi connectivity index (χ1) is 18.3. The number of benzene rings is 4. The predicted octanol–water partition coefficient (Wildman–Crippen LogP) is 6.05. The number of ether oxygens (including phenoxy) is 2. The summed E-state index contributed by atoms with van der Waals surface area (Å²) in [7, 11) is 0. The van der Waals surface area contributed by atoms with Crippen molar-refractivity contribution in [3.8, 4) is 0 Å². The van der Waals surface area contributed by atoms with Crippen molar-refractivity contribution in [1.82, 2.24) is 0 Å². The second-order valence-electron chi connectivity index (χ2n) is 9.67. The molecular formula is C33H30N2O2. The Bertz CT molecular complexity index is 1300. The first kappa shape index (κ1) is 23.2. The van der Waals surface area contributed by atoms with Crippen LogP contribution in [0, 0.1) is 0 Å². The summed E-state index contributed by atoms with van der Waals surface area (Å²) in [6.45, 7) is 1.23. The maximum Gasteiger partial charge on any atom is 0.216 e. The van der Waals surface area contributed by atoms with Crippen molar-refractivity contribution in [2.75, 3.05) is 13.2 Å². The lowest BCUT2D eigenvalue weighted by Gasteiger charge is -2.12. The largest absolute Gasteiger partial charge is 0.475 e. The van der Waals surface area contributed by atoms with Gasteiger partial charge in [-0.05, 0) is 53.6 Å². The molecule has 4 aromatic rings. The average molecular weight is 487 g/mol. The fraction of sp³-hybridized carbons (Fsp3) is 0.212. The summed E-state index contributed by atoms with van der Waals surface area (Å²) in [5, 5.41) is 0. The Balaban J connectivity index is 1.22. The molecule has 0 aromatic heterocycles. The lowest BCUT2D eigenvalue weighted by Crippen LogP contribution is -2.10. The van der Waals surface area contributed by atoms with Gasteiger partial charge in [-0.3, -0.25) is 0 Å². The van der Waals surface area contributed by atoms with E-state index in [1.807, 2.05) is 12.1 Å². The summed E-state index contributed by atoms with van der Waals surface area (Å²) < 4.78 is 12.2. The maximum atomic E-state index is 6.10. The molecule has 0 bridgehead atoms. The van der Waals surface area contributed by atoms with Crippen LogP contribution in [-0.2, 0) is 28.7 Å². The zero-order chi connectivity index (χ0) is 24.9. The van der Waals surface area contributed by atoms with Gasteiger partial charge in [0.2, 0.25) is 11.8 Å². The molecule has 4 heteroatoms. The van der Waals surface area contributed by atoms with E-state index in [4.69, 9.17) is 19.5 Å². The van der Waals surface area contributed by atoms with Gasteiger partial charge in [-0.1, -0.05) is 97.1 Å². The van der Waals surface area contributed by atoms with Crippen LogP contribution in [0.4, 0.5) is 0 Å². The highest BCUT2D eigenvalue weighted by Crippen LogP contribution is 2.24. The quantitative estimate of drug-likeness (QED) is 0.304. The summed E-state index contributed by atoms with van der Waals surface area (Å²) in [6, 6.07) is 38.1. The molecule has 0 saturated heterocycles. The number of aliphatic imine (C=N–C) groups is 2. The van der Waals surface area contributed by atoms with Crippen LogP contribution in [0.1, 0.15) is 33.4 Å². The van der Waals surface area contributed by atoms with Crippen molar-refractivity contribution < 1.29 is 9.47 Å². The van der Waals surface area contributed by atoms with E-state index in [0.29, 0.717) is 13.2 Å². The molecule has 184 valence electrons. The van der Waals surface area contributed by atoms with Crippen molar-refractivity contribution in [3.63, 3.8) is 0 Å². The molecule has 4 aromatic carbocycles. The van der Waals surface area contributed by atoms with Crippen LogP contribution in [0.5, 0.6) is 0 Å². The first-order valence-corrected chi connectivity index (χ1v) is 13.0. The fourth-order valence-corrected chi connectivity index (χ4v) is 5.08. The Morgan fingerprint density at radius 2 is 0.919 bits per heavy atom. The molecule has 0 aliphatic carbocycles. The molecule has 0 saturated carbocycles. The topological polar surface area (TPSA) is 43.2 Å². The second-order valence-corrected chi connectivity index (χ2v) is 9.67. The minimum absolute atomic E-state index is 0.139. The zero-order valence-electron chi connectivity index (χ0n) is 20.8. The van der Waals surface area contributed by atoms with E-state index in [2.05, 4.69) is 97.1 Å². The van der Waals surface area contributed by atoms with Crippen molar-refractivity contribution in [3.05, 3.63) is 143 Å². The van der Waals surface area contributed by atoms with Gasteiger partial charge in [0.05, 0.1) is 12.1 Å². The van der Waals surface area contributed by atoms with Crippen LogP contribution in [0.15, 0.2) is 119 Å². The highest BCUT2D eigenvalue weighted by atomic mass is 16.5. The monoisotopic (exact) mass is 486 g/mol. The van der Waals surface area contributed by atoms with Gasteiger partial charge >= 0.3 is 0 Å². The SMILES string of the molecule is c1ccc(CC2COC(c3ccccc3Cc3ccccc3C3=NC(Cc4ccccc4)CO3)=N2)cc1. The van der Waals surface area contributed by atoms with E-state index < -0.39 is 0 Å². The van der Waals surface area contributed by atoms with Crippen LogP contribution in [0.25, 0.3) is 0 Å². The lowest BCUT2D eigenvalue weighted by molar-refractivity contribution is 0.316. The molecule has 2 aliphatic heterocycles. The summed E-state index contributed by atoms with van der Waals surface area (Å²) >= 11 is 0.